The molecular formula is C15H21NO3S. The highest BCUT2D eigenvalue weighted by Crippen LogP contribution is 2.35. The molecule has 0 amide bonds. The summed E-state index contributed by atoms with van der Waals surface area (Å²) in [5.41, 5.74) is 7.52. The summed E-state index contributed by atoms with van der Waals surface area (Å²) in [6.45, 7) is 0.0790. The summed E-state index contributed by atoms with van der Waals surface area (Å²) in [4.78, 5) is 11.3. The van der Waals surface area contributed by atoms with Gasteiger partial charge in [-0.25, -0.2) is 0 Å². The number of ether oxygens (including phenoxy) is 1. The SMILES string of the molecule is COc1ccc(C2CCSCC2)cc1C(CN)C(=O)O. The van der Waals surface area contributed by atoms with Gasteiger partial charge in [-0.05, 0) is 41.9 Å². The number of hydrogen-bond acceptors (Lipinski definition) is 4. The number of nitrogens with two attached hydrogens (primary N) is 1. The minimum absolute atomic E-state index is 0.0790. The van der Waals surface area contributed by atoms with Crippen LogP contribution in [0.2, 0.25) is 0 Å². The van der Waals surface area contributed by atoms with Gasteiger partial charge in [0.15, 0.2) is 0 Å². The number of hydrogen-bond donors (Lipinski definition) is 2. The lowest BCUT2D eigenvalue weighted by Crippen LogP contribution is -2.22. The van der Waals surface area contributed by atoms with Crippen LogP contribution in [-0.4, -0.2) is 36.2 Å². The number of benzene rings is 1. The Balaban J connectivity index is 2.34. The van der Waals surface area contributed by atoms with E-state index in [0.29, 0.717) is 17.2 Å². The van der Waals surface area contributed by atoms with Crippen molar-refractivity contribution < 1.29 is 14.6 Å². The molecule has 2 rings (SSSR count). The quantitative estimate of drug-likeness (QED) is 0.873. The lowest BCUT2D eigenvalue weighted by molar-refractivity contribution is -0.138. The summed E-state index contributed by atoms with van der Waals surface area (Å²) in [6.07, 6.45) is 2.30. The molecule has 1 heterocycles. The molecule has 1 fully saturated rings. The number of aliphatic carboxylic acids is 1. The Labute approximate surface area is 123 Å². The first-order chi connectivity index (χ1) is 9.67. The number of rotatable bonds is 5. The van der Waals surface area contributed by atoms with Crippen molar-refractivity contribution in [1.29, 1.82) is 0 Å². The Morgan fingerprint density at radius 1 is 1.50 bits per heavy atom. The maximum atomic E-state index is 11.3. The molecule has 4 nitrogen and oxygen atoms in total. The van der Waals surface area contributed by atoms with Gasteiger partial charge in [-0.3, -0.25) is 4.79 Å². The van der Waals surface area contributed by atoms with Crippen LogP contribution in [0, 0.1) is 0 Å². The standard InChI is InChI=1S/C15H21NO3S/c1-19-14-3-2-11(10-4-6-20-7-5-10)8-12(14)13(9-16)15(17)18/h2-3,8,10,13H,4-7,9,16H2,1H3,(H,17,18). The third kappa shape index (κ3) is 3.27. The second kappa shape index (κ2) is 6.99. The number of thioether (sulfide) groups is 1. The van der Waals surface area contributed by atoms with Crippen molar-refractivity contribution in [2.75, 3.05) is 25.2 Å². The van der Waals surface area contributed by atoms with Gasteiger partial charge in [0.1, 0.15) is 5.75 Å². The zero-order valence-corrected chi connectivity index (χ0v) is 12.5. The average molecular weight is 295 g/mol. The van der Waals surface area contributed by atoms with Gasteiger partial charge >= 0.3 is 5.97 Å². The highest BCUT2D eigenvalue weighted by molar-refractivity contribution is 7.99. The minimum atomic E-state index is -0.901. The van der Waals surface area contributed by atoms with Crippen molar-refractivity contribution in [3.05, 3.63) is 29.3 Å². The van der Waals surface area contributed by atoms with Crippen LogP contribution in [-0.2, 0) is 4.79 Å². The van der Waals surface area contributed by atoms with Crippen molar-refractivity contribution >= 4 is 17.7 Å². The van der Waals surface area contributed by atoms with E-state index in [9.17, 15) is 9.90 Å². The van der Waals surface area contributed by atoms with Crippen LogP contribution in [0.3, 0.4) is 0 Å². The fourth-order valence-electron chi connectivity index (χ4n) is 2.67. The minimum Gasteiger partial charge on any atom is -0.496 e. The number of carboxylic acid groups (broad SMARTS) is 1. The molecule has 3 N–H and O–H groups in total. The van der Waals surface area contributed by atoms with Gasteiger partial charge in [-0.2, -0.15) is 11.8 Å². The molecule has 5 heteroatoms. The summed E-state index contributed by atoms with van der Waals surface area (Å²) in [7, 11) is 1.56. The zero-order chi connectivity index (χ0) is 14.5. The Bertz CT molecular complexity index is 472. The lowest BCUT2D eigenvalue weighted by Gasteiger charge is -2.24. The zero-order valence-electron chi connectivity index (χ0n) is 11.7. The van der Waals surface area contributed by atoms with Crippen molar-refractivity contribution in [3.8, 4) is 5.75 Å². The second-order valence-corrected chi connectivity index (χ2v) is 6.24. The van der Waals surface area contributed by atoms with E-state index in [1.165, 1.54) is 17.1 Å². The van der Waals surface area contributed by atoms with E-state index in [0.717, 1.165) is 12.8 Å². The van der Waals surface area contributed by atoms with Crippen molar-refractivity contribution in [3.63, 3.8) is 0 Å². The van der Waals surface area contributed by atoms with E-state index < -0.39 is 11.9 Å². The van der Waals surface area contributed by atoms with Crippen LogP contribution >= 0.6 is 11.8 Å². The fraction of sp³-hybridized carbons (Fsp3) is 0.533. The molecule has 20 heavy (non-hydrogen) atoms. The van der Waals surface area contributed by atoms with E-state index in [2.05, 4.69) is 6.07 Å². The molecule has 0 spiro atoms. The molecule has 0 saturated carbocycles. The van der Waals surface area contributed by atoms with E-state index in [1.54, 1.807) is 7.11 Å². The van der Waals surface area contributed by atoms with Crippen molar-refractivity contribution in [2.24, 2.45) is 5.73 Å². The monoisotopic (exact) mass is 295 g/mol. The molecule has 1 aromatic carbocycles. The van der Waals surface area contributed by atoms with Crippen molar-refractivity contribution in [1.82, 2.24) is 0 Å². The van der Waals surface area contributed by atoms with Crippen molar-refractivity contribution in [2.45, 2.75) is 24.7 Å². The molecule has 1 aromatic rings. The number of methoxy groups -OCH3 is 1. The normalized spacial score (nSPS) is 17.7. The van der Waals surface area contributed by atoms with Gasteiger partial charge in [0.05, 0.1) is 13.0 Å². The molecule has 1 aliphatic heterocycles. The first-order valence-electron chi connectivity index (χ1n) is 6.85. The molecule has 0 bridgehead atoms. The molecule has 0 aromatic heterocycles. The van der Waals surface area contributed by atoms with E-state index >= 15 is 0 Å². The van der Waals surface area contributed by atoms with Gasteiger partial charge in [-0.15, -0.1) is 0 Å². The molecule has 1 aliphatic rings. The van der Waals surface area contributed by atoms with Gasteiger partial charge in [-0.1, -0.05) is 12.1 Å². The topological polar surface area (TPSA) is 72.5 Å². The predicted octanol–water partition coefficient (Wildman–Crippen LogP) is 2.43. The van der Waals surface area contributed by atoms with Crippen LogP contribution in [0.4, 0.5) is 0 Å². The maximum absolute atomic E-state index is 11.3. The summed E-state index contributed by atoms with van der Waals surface area (Å²) in [6, 6.07) is 5.90. The summed E-state index contributed by atoms with van der Waals surface area (Å²) in [5.74, 6) is 1.87. The van der Waals surface area contributed by atoms with Crippen LogP contribution < -0.4 is 10.5 Å². The second-order valence-electron chi connectivity index (χ2n) is 5.01. The van der Waals surface area contributed by atoms with Gasteiger partial charge in [0, 0.05) is 12.1 Å². The van der Waals surface area contributed by atoms with Crippen LogP contribution in [0.5, 0.6) is 5.75 Å². The Kier molecular flexibility index (Phi) is 5.31. The third-order valence-electron chi connectivity index (χ3n) is 3.86. The fourth-order valence-corrected chi connectivity index (χ4v) is 3.78. The highest BCUT2D eigenvalue weighted by atomic mass is 32.2. The lowest BCUT2D eigenvalue weighted by atomic mass is 9.89. The number of carboxylic acids is 1. The molecule has 110 valence electrons. The third-order valence-corrected chi connectivity index (χ3v) is 4.90. The smallest absolute Gasteiger partial charge is 0.312 e. The maximum Gasteiger partial charge on any atom is 0.312 e. The van der Waals surface area contributed by atoms with Gasteiger partial charge < -0.3 is 15.6 Å². The molecule has 1 atom stereocenters. The predicted molar refractivity (Wildman–Crippen MR) is 81.7 cm³/mol. The largest absolute Gasteiger partial charge is 0.496 e. The van der Waals surface area contributed by atoms with Gasteiger partial charge in [0.25, 0.3) is 0 Å². The summed E-state index contributed by atoms with van der Waals surface area (Å²) < 4.78 is 5.30. The Hall–Kier alpha value is -1.20. The van der Waals surface area contributed by atoms with E-state index in [1.807, 2.05) is 23.9 Å². The summed E-state index contributed by atoms with van der Waals surface area (Å²) >= 11 is 1.98. The van der Waals surface area contributed by atoms with E-state index in [-0.39, 0.29) is 6.54 Å². The Morgan fingerprint density at radius 2 is 2.20 bits per heavy atom. The molecule has 0 aliphatic carbocycles. The summed E-state index contributed by atoms with van der Waals surface area (Å²) in [5, 5.41) is 9.31. The van der Waals surface area contributed by atoms with Crippen LogP contribution in [0.25, 0.3) is 0 Å². The molecule has 1 saturated heterocycles. The highest BCUT2D eigenvalue weighted by Gasteiger charge is 2.24. The molecular weight excluding hydrogens is 274 g/mol. The first-order valence-corrected chi connectivity index (χ1v) is 8.01. The first kappa shape index (κ1) is 15.2. The van der Waals surface area contributed by atoms with Crippen LogP contribution in [0.1, 0.15) is 35.8 Å². The average Bonchev–Trinajstić information content (AvgIpc) is 2.48. The molecule has 0 radical (unpaired) electrons. The Morgan fingerprint density at radius 3 is 2.75 bits per heavy atom. The van der Waals surface area contributed by atoms with E-state index in [4.69, 9.17) is 10.5 Å². The molecule has 1 unspecified atom stereocenters. The van der Waals surface area contributed by atoms with Crippen LogP contribution in [0.15, 0.2) is 18.2 Å². The number of carbonyl (C=O) groups is 1. The van der Waals surface area contributed by atoms with Gasteiger partial charge in [0.2, 0.25) is 0 Å².